The van der Waals surface area contributed by atoms with E-state index < -0.39 is 0 Å². The molecule has 2 rings (SSSR count). The maximum atomic E-state index is 12.3. The van der Waals surface area contributed by atoms with Crippen LogP contribution in [0.3, 0.4) is 0 Å². The van der Waals surface area contributed by atoms with Gasteiger partial charge in [-0.15, -0.1) is 11.3 Å². The Balaban J connectivity index is 2.47. The Kier molecular flexibility index (Phi) is 3.71. The molecule has 1 heterocycles. The summed E-state index contributed by atoms with van der Waals surface area (Å²) in [7, 11) is 0. The van der Waals surface area contributed by atoms with Gasteiger partial charge in [0.1, 0.15) is 0 Å². The van der Waals surface area contributed by atoms with Crippen LogP contribution in [0.2, 0.25) is 5.02 Å². The summed E-state index contributed by atoms with van der Waals surface area (Å²) in [6, 6.07) is 7.29. The fourth-order valence-electron chi connectivity index (χ4n) is 1.54. The number of benzene rings is 1. The van der Waals surface area contributed by atoms with E-state index in [2.05, 4.69) is 15.9 Å². The fraction of sp³-hybridized carbons (Fsp3) is 0.154. The summed E-state index contributed by atoms with van der Waals surface area (Å²) in [6.07, 6.45) is 0. The minimum atomic E-state index is 0.0313. The molecule has 0 fully saturated rings. The fourth-order valence-corrected chi connectivity index (χ4v) is 3.20. The number of ketones is 1. The van der Waals surface area contributed by atoms with Crippen molar-refractivity contribution >= 4 is 44.7 Å². The van der Waals surface area contributed by atoms with Crippen molar-refractivity contribution in [2.45, 2.75) is 13.8 Å². The summed E-state index contributed by atoms with van der Waals surface area (Å²) in [5.74, 6) is 0.0313. The Morgan fingerprint density at radius 3 is 2.53 bits per heavy atom. The van der Waals surface area contributed by atoms with Gasteiger partial charge in [0, 0.05) is 10.6 Å². The Labute approximate surface area is 118 Å². The second kappa shape index (κ2) is 4.92. The highest BCUT2D eigenvalue weighted by molar-refractivity contribution is 9.11. The summed E-state index contributed by atoms with van der Waals surface area (Å²) in [5.41, 5.74) is 2.70. The number of halogens is 2. The maximum Gasteiger partial charge on any atom is 0.203 e. The Morgan fingerprint density at radius 2 is 1.94 bits per heavy atom. The minimum absolute atomic E-state index is 0.0313. The van der Waals surface area contributed by atoms with Crippen LogP contribution >= 0.6 is 38.9 Å². The molecule has 17 heavy (non-hydrogen) atoms. The van der Waals surface area contributed by atoms with Crippen LogP contribution in [0.5, 0.6) is 0 Å². The van der Waals surface area contributed by atoms with Gasteiger partial charge in [0.05, 0.1) is 8.66 Å². The maximum absolute atomic E-state index is 12.3. The van der Waals surface area contributed by atoms with Crippen molar-refractivity contribution in [3.8, 4) is 0 Å². The average molecular weight is 330 g/mol. The Bertz CT molecular complexity index is 570. The third-order valence-corrected chi connectivity index (χ3v) is 4.90. The zero-order valence-electron chi connectivity index (χ0n) is 9.38. The number of carbonyl (C=O) groups is 1. The van der Waals surface area contributed by atoms with Crippen molar-refractivity contribution < 1.29 is 4.79 Å². The first-order chi connectivity index (χ1) is 7.99. The van der Waals surface area contributed by atoms with Gasteiger partial charge < -0.3 is 0 Å². The topological polar surface area (TPSA) is 17.1 Å². The van der Waals surface area contributed by atoms with E-state index in [4.69, 9.17) is 11.6 Å². The molecule has 0 bridgehead atoms. The highest BCUT2D eigenvalue weighted by Crippen LogP contribution is 2.30. The van der Waals surface area contributed by atoms with E-state index in [1.807, 2.05) is 26.0 Å². The molecular weight excluding hydrogens is 320 g/mol. The molecule has 0 saturated heterocycles. The highest BCUT2D eigenvalue weighted by Gasteiger charge is 2.15. The Hall–Kier alpha value is -0.640. The molecule has 0 aliphatic heterocycles. The SMILES string of the molecule is Cc1ccc(Cl)cc1C(=O)c1cc(C)c(Br)s1. The molecular formula is C13H10BrClOS. The number of rotatable bonds is 2. The lowest BCUT2D eigenvalue weighted by Crippen LogP contribution is -2.01. The first kappa shape index (κ1) is 12.8. The number of aryl methyl sites for hydroxylation is 2. The van der Waals surface area contributed by atoms with Gasteiger partial charge in [-0.1, -0.05) is 17.7 Å². The number of carbonyl (C=O) groups excluding carboxylic acids is 1. The van der Waals surface area contributed by atoms with E-state index in [1.54, 1.807) is 12.1 Å². The highest BCUT2D eigenvalue weighted by atomic mass is 79.9. The van der Waals surface area contributed by atoms with Crippen LogP contribution < -0.4 is 0 Å². The van der Waals surface area contributed by atoms with Crippen molar-refractivity contribution in [3.63, 3.8) is 0 Å². The first-order valence-electron chi connectivity index (χ1n) is 5.06. The second-order valence-electron chi connectivity index (χ2n) is 3.86. The lowest BCUT2D eigenvalue weighted by atomic mass is 10.0. The van der Waals surface area contributed by atoms with Crippen molar-refractivity contribution in [3.05, 3.63) is 54.6 Å². The molecule has 1 aromatic heterocycles. The summed E-state index contributed by atoms with van der Waals surface area (Å²) >= 11 is 10.8. The van der Waals surface area contributed by atoms with Gasteiger partial charge in [-0.05, 0) is 59.1 Å². The zero-order chi connectivity index (χ0) is 12.6. The summed E-state index contributed by atoms with van der Waals surface area (Å²) in [6.45, 7) is 3.89. The van der Waals surface area contributed by atoms with Crippen LogP contribution in [0.4, 0.5) is 0 Å². The normalized spacial score (nSPS) is 10.6. The molecule has 1 aromatic carbocycles. The third-order valence-electron chi connectivity index (χ3n) is 2.53. The van der Waals surface area contributed by atoms with E-state index in [0.29, 0.717) is 10.6 Å². The van der Waals surface area contributed by atoms with Gasteiger partial charge >= 0.3 is 0 Å². The van der Waals surface area contributed by atoms with Crippen LogP contribution in [0.25, 0.3) is 0 Å². The predicted octanol–water partition coefficient (Wildman–Crippen LogP) is 5.01. The smallest absolute Gasteiger partial charge is 0.203 e. The van der Waals surface area contributed by atoms with Crippen molar-refractivity contribution in [2.75, 3.05) is 0 Å². The third kappa shape index (κ3) is 2.62. The molecule has 0 N–H and O–H groups in total. The molecule has 0 saturated carbocycles. The lowest BCUT2D eigenvalue weighted by Gasteiger charge is -2.03. The average Bonchev–Trinajstić information content (AvgIpc) is 2.62. The van der Waals surface area contributed by atoms with Gasteiger partial charge in [0.2, 0.25) is 5.78 Å². The largest absolute Gasteiger partial charge is 0.288 e. The van der Waals surface area contributed by atoms with Gasteiger partial charge in [-0.25, -0.2) is 0 Å². The lowest BCUT2D eigenvalue weighted by molar-refractivity contribution is 0.104. The molecule has 0 atom stereocenters. The minimum Gasteiger partial charge on any atom is -0.288 e. The van der Waals surface area contributed by atoms with Crippen LogP contribution in [0.1, 0.15) is 26.4 Å². The monoisotopic (exact) mass is 328 g/mol. The number of thiophene rings is 1. The molecule has 0 spiro atoms. The van der Waals surface area contributed by atoms with Crippen molar-refractivity contribution in [1.29, 1.82) is 0 Å². The number of hydrogen-bond donors (Lipinski definition) is 0. The molecule has 1 nitrogen and oxygen atoms in total. The molecule has 2 aromatic rings. The van der Waals surface area contributed by atoms with E-state index >= 15 is 0 Å². The van der Waals surface area contributed by atoms with Crippen molar-refractivity contribution in [2.24, 2.45) is 0 Å². The van der Waals surface area contributed by atoms with Crippen LogP contribution in [0.15, 0.2) is 28.1 Å². The number of hydrogen-bond acceptors (Lipinski definition) is 2. The van der Waals surface area contributed by atoms with Gasteiger partial charge in [-0.3, -0.25) is 4.79 Å². The predicted molar refractivity (Wildman–Crippen MR) is 76.4 cm³/mol. The molecule has 0 aliphatic carbocycles. The van der Waals surface area contributed by atoms with Crippen molar-refractivity contribution in [1.82, 2.24) is 0 Å². The molecule has 0 radical (unpaired) electrons. The molecule has 0 amide bonds. The van der Waals surface area contributed by atoms with Crippen LogP contribution in [0, 0.1) is 13.8 Å². The van der Waals surface area contributed by atoms with Crippen LogP contribution in [-0.2, 0) is 0 Å². The Morgan fingerprint density at radius 1 is 1.24 bits per heavy atom. The standard InChI is InChI=1S/C13H10BrClOS/c1-7-3-4-9(15)6-10(7)12(16)11-5-8(2)13(14)17-11/h3-6H,1-2H3. The van der Waals surface area contributed by atoms with Gasteiger partial charge in [0.25, 0.3) is 0 Å². The van der Waals surface area contributed by atoms with Crippen LogP contribution in [-0.4, -0.2) is 5.78 Å². The zero-order valence-corrected chi connectivity index (χ0v) is 12.5. The van der Waals surface area contributed by atoms with Gasteiger partial charge in [0.15, 0.2) is 0 Å². The van der Waals surface area contributed by atoms with E-state index in [-0.39, 0.29) is 5.78 Å². The van der Waals surface area contributed by atoms with E-state index in [1.165, 1.54) is 11.3 Å². The molecule has 0 unspecified atom stereocenters. The quantitative estimate of drug-likeness (QED) is 0.708. The first-order valence-corrected chi connectivity index (χ1v) is 7.04. The summed E-state index contributed by atoms with van der Waals surface area (Å²) in [5, 5.41) is 0.589. The van der Waals surface area contributed by atoms with Gasteiger partial charge in [-0.2, -0.15) is 0 Å². The molecule has 0 aliphatic rings. The molecule has 88 valence electrons. The van der Waals surface area contributed by atoms with E-state index in [0.717, 1.165) is 19.8 Å². The second-order valence-corrected chi connectivity index (χ2v) is 6.66. The summed E-state index contributed by atoms with van der Waals surface area (Å²) in [4.78, 5) is 13.1. The molecule has 4 heteroatoms. The summed E-state index contributed by atoms with van der Waals surface area (Å²) < 4.78 is 1.00. The van der Waals surface area contributed by atoms with E-state index in [9.17, 15) is 4.79 Å².